The normalized spacial score (nSPS) is 25.0. The van der Waals surface area contributed by atoms with Crippen molar-refractivity contribution >= 4 is 5.82 Å². The van der Waals surface area contributed by atoms with Crippen molar-refractivity contribution in [2.24, 2.45) is 0 Å². The Morgan fingerprint density at radius 2 is 2.00 bits per heavy atom. The monoisotopic (exact) mass is 220 g/mol. The molecule has 1 aromatic heterocycles. The van der Waals surface area contributed by atoms with Gasteiger partial charge in [0, 0.05) is 12.2 Å². The van der Waals surface area contributed by atoms with Crippen molar-refractivity contribution in [1.82, 2.24) is 4.98 Å². The van der Waals surface area contributed by atoms with Crippen molar-refractivity contribution in [3.8, 4) is 0 Å². The lowest BCUT2D eigenvalue weighted by Gasteiger charge is -2.32. The van der Waals surface area contributed by atoms with Crippen molar-refractivity contribution in [3.63, 3.8) is 0 Å². The second kappa shape index (κ2) is 4.06. The summed E-state index contributed by atoms with van der Waals surface area (Å²) in [6, 6.07) is 4.53. The average molecular weight is 220 g/mol. The molecule has 0 atom stereocenters. The first-order valence-electron chi connectivity index (χ1n) is 5.86. The van der Waals surface area contributed by atoms with E-state index in [0.717, 1.165) is 18.7 Å². The second-order valence-corrected chi connectivity index (χ2v) is 5.65. The van der Waals surface area contributed by atoms with E-state index in [4.69, 9.17) is 0 Å². The summed E-state index contributed by atoms with van der Waals surface area (Å²) >= 11 is 0. The Bertz CT molecular complexity index is 347. The highest BCUT2D eigenvalue weighted by molar-refractivity contribution is 5.38. The van der Waals surface area contributed by atoms with Gasteiger partial charge >= 0.3 is 0 Å². The van der Waals surface area contributed by atoms with E-state index in [0.29, 0.717) is 6.04 Å². The predicted octanol–water partition coefficient (Wildman–Crippen LogP) is 2.31. The Morgan fingerprint density at radius 3 is 2.44 bits per heavy atom. The molecule has 0 aliphatic heterocycles. The van der Waals surface area contributed by atoms with Gasteiger partial charge in [-0.25, -0.2) is 4.98 Å². The van der Waals surface area contributed by atoms with E-state index in [1.807, 2.05) is 12.3 Å². The predicted molar refractivity (Wildman–Crippen MR) is 65.6 cm³/mol. The van der Waals surface area contributed by atoms with Crippen molar-refractivity contribution < 1.29 is 5.11 Å². The summed E-state index contributed by atoms with van der Waals surface area (Å²) in [5.41, 5.74) is 1.39. The molecular weight excluding hydrogens is 200 g/mol. The lowest BCUT2D eigenvalue weighted by molar-refractivity contribution is 0.0835. The largest absolute Gasteiger partial charge is 0.393 e. The summed E-state index contributed by atoms with van der Waals surface area (Å²) in [4.78, 5) is 4.40. The smallest absolute Gasteiger partial charge is 0.126 e. The summed E-state index contributed by atoms with van der Waals surface area (Å²) < 4.78 is 0. The molecule has 0 amide bonds. The van der Waals surface area contributed by atoms with Crippen molar-refractivity contribution in [2.45, 2.75) is 51.2 Å². The highest BCUT2D eigenvalue weighted by atomic mass is 16.3. The van der Waals surface area contributed by atoms with E-state index in [1.54, 1.807) is 0 Å². The molecule has 0 aromatic carbocycles. The van der Waals surface area contributed by atoms with Gasteiger partial charge in [0.15, 0.2) is 0 Å². The fourth-order valence-electron chi connectivity index (χ4n) is 1.84. The summed E-state index contributed by atoms with van der Waals surface area (Å²) in [7, 11) is 0. The zero-order valence-electron chi connectivity index (χ0n) is 10.2. The molecule has 1 aliphatic carbocycles. The fraction of sp³-hybridized carbons (Fsp3) is 0.615. The molecule has 0 spiro atoms. The number of rotatable bonds is 2. The summed E-state index contributed by atoms with van der Waals surface area (Å²) in [5, 5.41) is 12.5. The molecule has 0 bridgehead atoms. The Hall–Kier alpha value is -1.09. The Balaban J connectivity index is 1.97. The first kappa shape index (κ1) is 11.4. The molecule has 1 saturated carbocycles. The third kappa shape index (κ3) is 2.53. The summed E-state index contributed by atoms with van der Waals surface area (Å²) in [6.45, 7) is 6.54. The van der Waals surface area contributed by atoms with Crippen LogP contribution in [0.25, 0.3) is 0 Å². The molecular formula is C13H20N2O. The third-order valence-corrected chi connectivity index (χ3v) is 3.09. The van der Waals surface area contributed by atoms with Gasteiger partial charge in [0.25, 0.3) is 0 Å². The molecule has 0 unspecified atom stereocenters. The third-order valence-electron chi connectivity index (χ3n) is 3.09. The van der Waals surface area contributed by atoms with E-state index in [-0.39, 0.29) is 11.5 Å². The fourth-order valence-corrected chi connectivity index (χ4v) is 1.84. The molecule has 16 heavy (non-hydrogen) atoms. The number of nitrogens with zero attached hydrogens (tertiary/aromatic N) is 1. The van der Waals surface area contributed by atoms with Crippen molar-refractivity contribution in [1.29, 1.82) is 0 Å². The maximum atomic E-state index is 9.19. The van der Waals surface area contributed by atoms with Crippen molar-refractivity contribution in [3.05, 3.63) is 23.9 Å². The number of nitrogens with one attached hydrogen (secondary N) is 1. The standard InChI is InChI=1S/C13H20N2O/c1-13(2,3)9-4-5-12(14-8-9)15-10-6-11(16)7-10/h4-5,8,10-11,16H,6-7H2,1-3H3,(H,14,15). The number of hydrogen-bond acceptors (Lipinski definition) is 3. The van der Waals surface area contributed by atoms with Crippen molar-refractivity contribution in [2.75, 3.05) is 5.32 Å². The van der Waals surface area contributed by atoms with E-state index >= 15 is 0 Å². The Morgan fingerprint density at radius 1 is 1.31 bits per heavy atom. The summed E-state index contributed by atoms with van der Waals surface area (Å²) in [5.74, 6) is 0.907. The number of hydrogen-bond donors (Lipinski definition) is 2. The summed E-state index contributed by atoms with van der Waals surface area (Å²) in [6.07, 6.45) is 3.48. The molecule has 0 radical (unpaired) electrons. The highest BCUT2D eigenvalue weighted by Gasteiger charge is 2.27. The highest BCUT2D eigenvalue weighted by Crippen LogP contribution is 2.25. The van der Waals surface area contributed by atoms with Gasteiger partial charge in [-0.05, 0) is 29.9 Å². The van der Waals surface area contributed by atoms with Crippen LogP contribution in [-0.4, -0.2) is 22.2 Å². The number of aliphatic hydroxyl groups excluding tert-OH is 1. The molecule has 3 nitrogen and oxygen atoms in total. The van der Waals surface area contributed by atoms with E-state index in [9.17, 15) is 5.11 Å². The van der Waals surface area contributed by atoms with Crippen LogP contribution in [-0.2, 0) is 5.41 Å². The van der Waals surface area contributed by atoms with Crippen LogP contribution in [0.4, 0.5) is 5.82 Å². The van der Waals surface area contributed by atoms with Gasteiger partial charge in [-0.2, -0.15) is 0 Å². The minimum Gasteiger partial charge on any atom is -0.393 e. The first-order valence-corrected chi connectivity index (χ1v) is 5.86. The molecule has 88 valence electrons. The van der Waals surface area contributed by atoms with Crippen LogP contribution in [0.1, 0.15) is 39.2 Å². The molecule has 1 aliphatic rings. The van der Waals surface area contributed by atoms with E-state index < -0.39 is 0 Å². The Kier molecular flexibility index (Phi) is 2.89. The maximum Gasteiger partial charge on any atom is 0.126 e. The molecule has 1 fully saturated rings. The molecule has 3 heteroatoms. The minimum atomic E-state index is -0.119. The molecule has 2 rings (SSSR count). The lowest BCUT2D eigenvalue weighted by Crippen LogP contribution is -2.39. The van der Waals surface area contributed by atoms with Crippen LogP contribution >= 0.6 is 0 Å². The molecule has 2 N–H and O–H groups in total. The van der Waals surface area contributed by atoms with Crippen LogP contribution in [0.3, 0.4) is 0 Å². The topological polar surface area (TPSA) is 45.1 Å². The van der Waals surface area contributed by atoms with Gasteiger partial charge in [0.2, 0.25) is 0 Å². The van der Waals surface area contributed by atoms with Gasteiger partial charge in [0.05, 0.1) is 6.10 Å². The zero-order chi connectivity index (χ0) is 11.8. The van der Waals surface area contributed by atoms with Crippen LogP contribution in [0.5, 0.6) is 0 Å². The number of aliphatic hydroxyl groups is 1. The van der Waals surface area contributed by atoms with Gasteiger partial charge in [-0.1, -0.05) is 26.8 Å². The van der Waals surface area contributed by atoms with Crippen LogP contribution in [0, 0.1) is 0 Å². The number of anilines is 1. The Labute approximate surface area is 96.9 Å². The van der Waals surface area contributed by atoms with Crippen LogP contribution in [0.15, 0.2) is 18.3 Å². The van der Waals surface area contributed by atoms with Crippen LogP contribution < -0.4 is 5.32 Å². The van der Waals surface area contributed by atoms with E-state index in [1.165, 1.54) is 5.56 Å². The zero-order valence-corrected chi connectivity index (χ0v) is 10.2. The quantitative estimate of drug-likeness (QED) is 0.804. The number of pyridine rings is 1. The van der Waals surface area contributed by atoms with E-state index in [2.05, 4.69) is 37.1 Å². The average Bonchev–Trinajstić information content (AvgIpc) is 2.15. The van der Waals surface area contributed by atoms with Gasteiger partial charge in [-0.15, -0.1) is 0 Å². The number of aromatic nitrogens is 1. The second-order valence-electron chi connectivity index (χ2n) is 5.65. The van der Waals surface area contributed by atoms with Gasteiger partial charge in [-0.3, -0.25) is 0 Å². The first-order chi connectivity index (χ1) is 7.45. The molecule has 1 aromatic rings. The lowest BCUT2D eigenvalue weighted by atomic mass is 9.88. The molecule has 0 saturated heterocycles. The minimum absolute atomic E-state index is 0.119. The van der Waals surface area contributed by atoms with Gasteiger partial charge < -0.3 is 10.4 Å². The van der Waals surface area contributed by atoms with Crippen LogP contribution in [0.2, 0.25) is 0 Å². The molecule has 1 heterocycles. The maximum absolute atomic E-state index is 9.19. The SMILES string of the molecule is CC(C)(C)c1ccc(NC2CC(O)C2)nc1. The van der Waals surface area contributed by atoms with Gasteiger partial charge in [0.1, 0.15) is 5.82 Å².